The van der Waals surface area contributed by atoms with Crippen molar-refractivity contribution in [1.82, 2.24) is 4.98 Å². The zero-order valence-electron chi connectivity index (χ0n) is 14.1. The van der Waals surface area contributed by atoms with Gasteiger partial charge in [0.25, 0.3) is 0 Å². The topological polar surface area (TPSA) is 56.3 Å². The van der Waals surface area contributed by atoms with Crippen molar-refractivity contribution in [2.24, 2.45) is 0 Å². The van der Waals surface area contributed by atoms with E-state index < -0.39 is 10.1 Å². The average Bonchev–Trinajstić information content (AvgIpc) is 2.45. The number of aromatic nitrogens is 1. The van der Waals surface area contributed by atoms with E-state index in [9.17, 15) is 8.42 Å². The summed E-state index contributed by atoms with van der Waals surface area (Å²) in [5.41, 5.74) is 3.80. The van der Waals surface area contributed by atoms with E-state index in [1.807, 2.05) is 50.2 Å². The summed E-state index contributed by atoms with van der Waals surface area (Å²) in [4.78, 5) is 4.64. The summed E-state index contributed by atoms with van der Waals surface area (Å²) in [6, 6.07) is 12.7. The van der Waals surface area contributed by atoms with Crippen molar-refractivity contribution >= 4 is 21.0 Å². The molecule has 124 valence electrons. The van der Waals surface area contributed by atoms with Crippen LogP contribution in [0.15, 0.2) is 47.4 Å². The number of hydrogen-bond acceptors (Lipinski definition) is 4. The summed E-state index contributed by atoms with van der Waals surface area (Å²) >= 11 is 0. The Morgan fingerprint density at radius 3 is 2.21 bits per heavy atom. The highest BCUT2D eigenvalue weighted by atomic mass is 32.2. The molecule has 0 unspecified atom stereocenters. The summed E-state index contributed by atoms with van der Waals surface area (Å²) in [6.07, 6.45) is 0. The third kappa shape index (κ3) is 2.99. The Morgan fingerprint density at radius 1 is 0.917 bits per heavy atom. The van der Waals surface area contributed by atoms with E-state index in [4.69, 9.17) is 4.18 Å². The van der Waals surface area contributed by atoms with Gasteiger partial charge in [-0.25, -0.2) is 0 Å². The largest absolute Gasteiger partial charge is 0.378 e. The maximum Gasteiger partial charge on any atom is 0.339 e. The number of fused-ring (bicyclic) bond motifs is 1. The Balaban J connectivity index is 2.15. The number of benzene rings is 2. The lowest BCUT2D eigenvalue weighted by Crippen LogP contribution is -2.13. The maximum atomic E-state index is 12.9. The van der Waals surface area contributed by atoms with Crippen LogP contribution in [0.3, 0.4) is 0 Å². The molecule has 4 nitrogen and oxygen atoms in total. The van der Waals surface area contributed by atoms with Gasteiger partial charge in [-0.1, -0.05) is 29.8 Å². The van der Waals surface area contributed by atoms with Crippen LogP contribution in [0.1, 0.15) is 22.4 Å². The molecule has 1 heterocycles. The van der Waals surface area contributed by atoms with Gasteiger partial charge >= 0.3 is 10.1 Å². The fourth-order valence-corrected chi connectivity index (χ4v) is 4.42. The molecular formula is C19H19NO3S. The minimum absolute atomic E-state index is 0.228. The lowest BCUT2D eigenvalue weighted by molar-refractivity contribution is 0.487. The van der Waals surface area contributed by atoms with Crippen molar-refractivity contribution in [2.75, 3.05) is 0 Å². The molecule has 3 aromatic rings. The van der Waals surface area contributed by atoms with Gasteiger partial charge in [-0.3, -0.25) is 4.98 Å². The minimum atomic E-state index is -3.93. The van der Waals surface area contributed by atoms with Gasteiger partial charge in [-0.05, 0) is 51.0 Å². The van der Waals surface area contributed by atoms with Crippen LogP contribution in [0.2, 0.25) is 0 Å². The molecular weight excluding hydrogens is 322 g/mol. The van der Waals surface area contributed by atoms with E-state index in [0.29, 0.717) is 33.5 Å². The molecule has 24 heavy (non-hydrogen) atoms. The van der Waals surface area contributed by atoms with Gasteiger partial charge in [0, 0.05) is 17.1 Å². The molecule has 0 amide bonds. The lowest BCUT2D eigenvalue weighted by atomic mass is 10.1. The predicted octanol–water partition coefficient (Wildman–Crippen LogP) is 4.24. The molecule has 2 aromatic carbocycles. The molecule has 1 aromatic heterocycles. The smallest absolute Gasteiger partial charge is 0.339 e. The number of hydrogen-bond donors (Lipinski definition) is 0. The van der Waals surface area contributed by atoms with Gasteiger partial charge in [0.15, 0.2) is 5.75 Å². The van der Waals surface area contributed by atoms with Gasteiger partial charge in [0.05, 0.1) is 5.52 Å². The van der Waals surface area contributed by atoms with Crippen molar-refractivity contribution in [3.05, 3.63) is 64.8 Å². The van der Waals surface area contributed by atoms with E-state index in [1.54, 1.807) is 19.9 Å². The van der Waals surface area contributed by atoms with E-state index in [1.165, 1.54) is 0 Å². The van der Waals surface area contributed by atoms with Crippen LogP contribution in [0.25, 0.3) is 10.9 Å². The third-order valence-electron chi connectivity index (χ3n) is 3.86. The third-order valence-corrected chi connectivity index (χ3v) is 5.40. The van der Waals surface area contributed by atoms with Crippen molar-refractivity contribution in [3.63, 3.8) is 0 Å². The van der Waals surface area contributed by atoms with Gasteiger partial charge in [-0.15, -0.1) is 0 Å². The zero-order chi connectivity index (χ0) is 17.5. The van der Waals surface area contributed by atoms with E-state index in [2.05, 4.69) is 4.98 Å². The average molecular weight is 341 g/mol. The Bertz CT molecular complexity index is 1020. The number of rotatable bonds is 3. The predicted molar refractivity (Wildman–Crippen MR) is 94.9 cm³/mol. The van der Waals surface area contributed by atoms with Gasteiger partial charge in [0.1, 0.15) is 4.90 Å². The first-order chi connectivity index (χ1) is 11.3. The standard InChI is InChI=1S/C19H19NO3S/c1-12-9-13(2)19(14(3)10-12)24(21,22)23-18-11-15(4)20-17-8-6-5-7-16(17)18/h5-11H,1-4H3. The van der Waals surface area contributed by atoms with E-state index >= 15 is 0 Å². The van der Waals surface area contributed by atoms with Crippen LogP contribution in [0.4, 0.5) is 0 Å². The van der Waals surface area contributed by atoms with Crippen LogP contribution >= 0.6 is 0 Å². The molecule has 0 saturated heterocycles. The number of pyridine rings is 1. The fraction of sp³-hybridized carbons (Fsp3) is 0.211. The fourth-order valence-electron chi connectivity index (χ4n) is 3.06. The molecule has 5 heteroatoms. The van der Waals surface area contributed by atoms with Crippen molar-refractivity contribution in [1.29, 1.82) is 0 Å². The Morgan fingerprint density at radius 2 is 1.54 bits per heavy atom. The van der Waals surface area contributed by atoms with Crippen molar-refractivity contribution < 1.29 is 12.6 Å². The second-order valence-electron chi connectivity index (χ2n) is 6.04. The summed E-state index contributed by atoms with van der Waals surface area (Å²) in [6.45, 7) is 7.32. The van der Waals surface area contributed by atoms with E-state index in [0.717, 1.165) is 5.56 Å². The van der Waals surface area contributed by atoms with Gasteiger partial charge in [-0.2, -0.15) is 8.42 Å². The molecule has 0 aliphatic carbocycles. The molecule has 3 rings (SSSR count). The normalized spacial score (nSPS) is 11.7. The van der Waals surface area contributed by atoms with Crippen molar-refractivity contribution in [3.8, 4) is 5.75 Å². The summed E-state index contributed by atoms with van der Waals surface area (Å²) in [5, 5.41) is 0.675. The van der Waals surface area contributed by atoms with Crippen molar-refractivity contribution in [2.45, 2.75) is 32.6 Å². The highest BCUT2D eigenvalue weighted by Gasteiger charge is 2.23. The molecule has 0 fully saturated rings. The second kappa shape index (κ2) is 5.91. The molecule has 0 atom stereocenters. The lowest BCUT2D eigenvalue weighted by Gasteiger charge is -2.14. The van der Waals surface area contributed by atoms with Crippen LogP contribution in [-0.2, 0) is 10.1 Å². The summed E-state index contributed by atoms with van der Waals surface area (Å²) < 4.78 is 31.2. The van der Waals surface area contributed by atoms with Gasteiger partial charge in [0.2, 0.25) is 0 Å². The SMILES string of the molecule is Cc1cc(C)c(S(=O)(=O)Oc2cc(C)nc3ccccc23)c(C)c1. The number of para-hydroxylation sites is 1. The first kappa shape index (κ1) is 16.5. The molecule has 0 spiro atoms. The first-order valence-electron chi connectivity index (χ1n) is 7.66. The molecule has 0 radical (unpaired) electrons. The molecule has 0 bridgehead atoms. The summed E-state index contributed by atoms with van der Waals surface area (Å²) in [7, 11) is -3.93. The second-order valence-corrected chi connectivity index (χ2v) is 7.53. The Hall–Kier alpha value is -2.40. The monoisotopic (exact) mass is 341 g/mol. The van der Waals surface area contributed by atoms with E-state index in [-0.39, 0.29) is 4.90 Å². The van der Waals surface area contributed by atoms with Crippen LogP contribution in [0, 0.1) is 27.7 Å². The van der Waals surface area contributed by atoms with Crippen LogP contribution in [0.5, 0.6) is 5.75 Å². The first-order valence-corrected chi connectivity index (χ1v) is 9.07. The molecule has 0 N–H and O–H groups in total. The summed E-state index contributed by atoms with van der Waals surface area (Å²) in [5.74, 6) is 0.303. The highest BCUT2D eigenvalue weighted by molar-refractivity contribution is 7.87. The number of nitrogens with zero attached hydrogens (tertiary/aromatic N) is 1. The Labute approximate surface area is 142 Å². The maximum absolute atomic E-state index is 12.9. The van der Waals surface area contributed by atoms with Crippen LogP contribution < -0.4 is 4.18 Å². The molecule has 0 aliphatic heterocycles. The molecule has 0 aliphatic rings. The number of aryl methyl sites for hydroxylation is 4. The Kier molecular flexibility index (Phi) is 4.05. The van der Waals surface area contributed by atoms with Gasteiger partial charge < -0.3 is 4.18 Å². The highest BCUT2D eigenvalue weighted by Crippen LogP contribution is 2.30. The minimum Gasteiger partial charge on any atom is -0.378 e. The zero-order valence-corrected chi connectivity index (χ0v) is 14.9. The quantitative estimate of drug-likeness (QED) is 0.669. The van der Waals surface area contributed by atoms with Crippen LogP contribution in [-0.4, -0.2) is 13.4 Å². The molecule has 0 saturated carbocycles.